The van der Waals surface area contributed by atoms with E-state index in [1.807, 2.05) is 19.2 Å². The van der Waals surface area contributed by atoms with E-state index in [1.165, 1.54) is 0 Å². The summed E-state index contributed by atoms with van der Waals surface area (Å²) in [5.74, 6) is 0.185. The van der Waals surface area contributed by atoms with Gasteiger partial charge in [0, 0.05) is 19.5 Å². The van der Waals surface area contributed by atoms with Crippen molar-refractivity contribution in [3.63, 3.8) is 0 Å². The zero-order valence-corrected chi connectivity index (χ0v) is 24.1. The Kier molecular flexibility index (Phi) is 25.9. The van der Waals surface area contributed by atoms with Gasteiger partial charge in [-0.05, 0) is 31.2 Å². The van der Waals surface area contributed by atoms with Crippen molar-refractivity contribution in [1.82, 2.24) is 10.6 Å². The average molecular weight is 575 g/mol. The molecule has 3 N–H and O–H groups in total. The minimum absolute atomic E-state index is 0.0501. The first-order valence-electron chi connectivity index (χ1n) is 14.0. The SMILES string of the molecule is CNCCOCCOCCOCCOCCOCCOCCOCCOCCC(=O)NCCc1ccc(O)cc1. The van der Waals surface area contributed by atoms with Crippen molar-refractivity contribution < 1.29 is 47.8 Å². The predicted octanol–water partition coefficient (Wildman–Crippen LogP) is 0.793. The number of nitrogens with one attached hydrogen (secondary N) is 2. The molecule has 232 valence electrons. The first kappa shape index (κ1) is 36.2. The lowest BCUT2D eigenvalue weighted by atomic mass is 10.1. The Balaban J connectivity index is 1.68. The van der Waals surface area contributed by atoms with Crippen LogP contribution in [-0.4, -0.2) is 137 Å². The molecule has 0 bridgehead atoms. The Bertz CT molecular complexity index is 682. The van der Waals surface area contributed by atoms with Gasteiger partial charge in [0.05, 0.1) is 106 Å². The number of phenols is 1. The summed E-state index contributed by atoms with van der Waals surface area (Å²) in [6.07, 6.45) is 1.02. The maximum absolute atomic E-state index is 11.8. The number of ether oxygens (including phenoxy) is 8. The van der Waals surface area contributed by atoms with Crippen molar-refractivity contribution in [2.45, 2.75) is 12.8 Å². The minimum Gasteiger partial charge on any atom is -0.508 e. The van der Waals surface area contributed by atoms with Crippen molar-refractivity contribution in [1.29, 1.82) is 0 Å². The standard InChI is InChI=1S/C28H50N2O10/c1-29-9-11-34-13-15-36-17-19-38-21-23-40-25-24-39-22-20-37-18-16-35-14-12-33-10-7-28(32)30-8-6-26-2-4-27(31)5-3-26/h2-5,29,31H,6-25H2,1H3,(H,30,32). The Morgan fingerprint density at radius 1 is 0.575 bits per heavy atom. The smallest absolute Gasteiger partial charge is 0.222 e. The molecule has 12 nitrogen and oxygen atoms in total. The fourth-order valence-corrected chi connectivity index (χ4v) is 3.08. The third kappa shape index (κ3) is 25.1. The molecule has 0 fully saturated rings. The monoisotopic (exact) mass is 574 g/mol. The van der Waals surface area contributed by atoms with Crippen LogP contribution in [0.2, 0.25) is 0 Å². The van der Waals surface area contributed by atoms with Gasteiger partial charge in [-0.25, -0.2) is 0 Å². The molecule has 0 saturated heterocycles. The molecule has 1 rings (SSSR count). The summed E-state index contributed by atoms with van der Waals surface area (Å²) in [6.45, 7) is 9.53. The van der Waals surface area contributed by atoms with Gasteiger partial charge in [0.25, 0.3) is 0 Å². The highest BCUT2D eigenvalue weighted by Crippen LogP contribution is 2.09. The Morgan fingerprint density at radius 2 is 0.950 bits per heavy atom. The third-order valence-corrected chi connectivity index (χ3v) is 5.25. The summed E-state index contributed by atoms with van der Waals surface area (Å²) in [7, 11) is 1.89. The number of amides is 1. The maximum atomic E-state index is 11.8. The number of aromatic hydroxyl groups is 1. The van der Waals surface area contributed by atoms with Crippen molar-refractivity contribution in [2.24, 2.45) is 0 Å². The predicted molar refractivity (Wildman–Crippen MR) is 150 cm³/mol. The molecule has 0 atom stereocenters. The second-order valence-electron chi connectivity index (χ2n) is 8.52. The average Bonchev–Trinajstić information content (AvgIpc) is 2.96. The molecule has 12 heteroatoms. The lowest BCUT2D eigenvalue weighted by Gasteiger charge is -2.09. The fraction of sp³-hybridized carbons (Fsp3) is 0.750. The van der Waals surface area contributed by atoms with E-state index in [9.17, 15) is 9.90 Å². The van der Waals surface area contributed by atoms with Crippen LogP contribution in [0.5, 0.6) is 5.75 Å². The van der Waals surface area contributed by atoms with Gasteiger partial charge in [-0.1, -0.05) is 12.1 Å². The molecular weight excluding hydrogens is 524 g/mol. The van der Waals surface area contributed by atoms with E-state index >= 15 is 0 Å². The molecule has 0 aliphatic heterocycles. The van der Waals surface area contributed by atoms with E-state index in [-0.39, 0.29) is 11.7 Å². The molecule has 0 aliphatic carbocycles. The van der Waals surface area contributed by atoms with E-state index in [4.69, 9.17) is 37.9 Å². The van der Waals surface area contributed by atoms with Gasteiger partial charge in [0.2, 0.25) is 5.91 Å². The highest BCUT2D eigenvalue weighted by Gasteiger charge is 2.02. The summed E-state index contributed by atoms with van der Waals surface area (Å²) in [5, 5.41) is 15.1. The summed E-state index contributed by atoms with van der Waals surface area (Å²) < 4.78 is 43.4. The van der Waals surface area contributed by atoms with Crippen LogP contribution < -0.4 is 10.6 Å². The molecule has 0 spiro atoms. The number of likely N-dealkylation sites (N-methyl/N-ethyl adjacent to an activating group) is 1. The molecule has 1 aromatic rings. The molecule has 0 heterocycles. The largest absolute Gasteiger partial charge is 0.508 e. The fourth-order valence-electron chi connectivity index (χ4n) is 3.08. The number of rotatable bonds is 30. The Labute approximate surface area is 238 Å². The second-order valence-corrected chi connectivity index (χ2v) is 8.52. The molecule has 0 aliphatic rings. The number of phenolic OH excluding ortho intramolecular Hbond substituents is 1. The molecule has 0 radical (unpaired) electrons. The quantitative estimate of drug-likeness (QED) is 0.113. The molecule has 1 aromatic carbocycles. The number of carbonyl (C=O) groups excluding carboxylic acids is 1. The van der Waals surface area contributed by atoms with Gasteiger partial charge in [0.15, 0.2) is 0 Å². The van der Waals surface area contributed by atoms with Crippen molar-refractivity contribution in [3.8, 4) is 5.75 Å². The molecule has 40 heavy (non-hydrogen) atoms. The lowest BCUT2D eigenvalue weighted by molar-refractivity contribution is -0.122. The normalized spacial score (nSPS) is 11.2. The number of hydrogen-bond acceptors (Lipinski definition) is 11. The van der Waals surface area contributed by atoms with Crippen LogP contribution in [0.15, 0.2) is 24.3 Å². The summed E-state index contributed by atoms with van der Waals surface area (Å²) in [6, 6.07) is 6.95. The first-order chi connectivity index (χ1) is 19.7. The van der Waals surface area contributed by atoms with Crippen LogP contribution in [0.1, 0.15) is 12.0 Å². The van der Waals surface area contributed by atoms with Gasteiger partial charge in [-0.15, -0.1) is 0 Å². The van der Waals surface area contributed by atoms with E-state index in [0.29, 0.717) is 125 Å². The molecule has 1 amide bonds. The van der Waals surface area contributed by atoms with E-state index in [0.717, 1.165) is 12.1 Å². The van der Waals surface area contributed by atoms with Crippen LogP contribution in [0.4, 0.5) is 0 Å². The van der Waals surface area contributed by atoms with Crippen LogP contribution in [-0.2, 0) is 49.1 Å². The minimum atomic E-state index is -0.0501. The molecular formula is C28H50N2O10. The van der Waals surface area contributed by atoms with Crippen molar-refractivity contribution in [3.05, 3.63) is 29.8 Å². The zero-order valence-electron chi connectivity index (χ0n) is 24.1. The number of benzene rings is 1. The molecule has 0 saturated carbocycles. The summed E-state index contributed by atoms with van der Waals surface area (Å²) >= 11 is 0. The van der Waals surface area contributed by atoms with E-state index in [2.05, 4.69) is 10.6 Å². The molecule has 0 unspecified atom stereocenters. The van der Waals surface area contributed by atoms with Crippen LogP contribution in [0.25, 0.3) is 0 Å². The van der Waals surface area contributed by atoms with Crippen LogP contribution in [0.3, 0.4) is 0 Å². The summed E-state index contributed by atoms with van der Waals surface area (Å²) in [4.78, 5) is 11.8. The highest BCUT2D eigenvalue weighted by molar-refractivity contribution is 5.75. The third-order valence-electron chi connectivity index (χ3n) is 5.25. The zero-order chi connectivity index (χ0) is 28.8. The maximum Gasteiger partial charge on any atom is 0.222 e. The van der Waals surface area contributed by atoms with Gasteiger partial charge >= 0.3 is 0 Å². The lowest BCUT2D eigenvalue weighted by Crippen LogP contribution is -2.26. The van der Waals surface area contributed by atoms with Gasteiger partial charge in [0.1, 0.15) is 5.75 Å². The van der Waals surface area contributed by atoms with Gasteiger partial charge < -0.3 is 53.6 Å². The van der Waals surface area contributed by atoms with Crippen molar-refractivity contribution in [2.75, 3.05) is 126 Å². The van der Waals surface area contributed by atoms with Gasteiger partial charge in [-0.3, -0.25) is 4.79 Å². The van der Waals surface area contributed by atoms with E-state index < -0.39 is 0 Å². The Morgan fingerprint density at radius 3 is 1.35 bits per heavy atom. The highest BCUT2D eigenvalue weighted by atomic mass is 16.6. The van der Waals surface area contributed by atoms with Crippen LogP contribution >= 0.6 is 0 Å². The topological polar surface area (TPSA) is 135 Å². The number of carbonyl (C=O) groups is 1. The van der Waals surface area contributed by atoms with Crippen LogP contribution in [0, 0.1) is 0 Å². The molecule has 0 aromatic heterocycles. The summed E-state index contributed by atoms with van der Waals surface area (Å²) in [5.41, 5.74) is 1.06. The van der Waals surface area contributed by atoms with Gasteiger partial charge in [-0.2, -0.15) is 0 Å². The first-order valence-corrected chi connectivity index (χ1v) is 14.0. The van der Waals surface area contributed by atoms with E-state index in [1.54, 1.807) is 12.1 Å². The Hall–Kier alpha value is -1.87. The van der Waals surface area contributed by atoms with Crippen molar-refractivity contribution >= 4 is 5.91 Å². The number of hydrogen-bond donors (Lipinski definition) is 3. The second kappa shape index (κ2) is 28.7.